The maximum Gasteiger partial charge on any atom is 0.239 e. The van der Waals surface area contributed by atoms with Crippen molar-refractivity contribution in [2.45, 2.75) is 44.8 Å². The molecule has 1 aromatic carbocycles. The molecule has 0 saturated carbocycles. The van der Waals surface area contributed by atoms with Crippen LogP contribution >= 0.6 is 11.8 Å². The molecule has 7 heteroatoms. The summed E-state index contributed by atoms with van der Waals surface area (Å²) >= 11 is 1.05. The summed E-state index contributed by atoms with van der Waals surface area (Å²) in [7, 11) is 0. The van der Waals surface area contributed by atoms with E-state index in [0.717, 1.165) is 17.3 Å². The van der Waals surface area contributed by atoms with Crippen LogP contribution in [0.15, 0.2) is 28.4 Å². The van der Waals surface area contributed by atoms with E-state index in [2.05, 4.69) is 49.3 Å². The lowest BCUT2D eigenvalue weighted by atomic mass is 9.83. The van der Waals surface area contributed by atoms with Gasteiger partial charge in [-0.3, -0.25) is 4.79 Å². The van der Waals surface area contributed by atoms with Gasteiger partial charge in [0.1, 0.15) is 0 Å². The molecule has 1 N–H and O–H groups in total. The van der Waals surface area contributed by atoms with Gasteiger partial charge in [-0.05, 0) is 29.0 Å². The molecular weight excluding hydrogens is 326 g/mol. The quantitative estimate of drug-likeness (QED) is 0.658. The topological polar surface area (TPSA) is 94.0 Å². The molecule has 1 saturated heterocycles. The van der Waals surface area contributed by atoms with Crippen LogP contribution in [0.4, 0.5) is 0 Å². The fraction of sp³-hybridized carbons (Fsp3) is 0.412. The molecule has 1 unspecified atom stereocenters. The van der Waals surface area contributed by atoms with Crippen LogP contribution in [-0.2, 0) is 15.0 Å². The third-order valence-corrected chi connectivity index (χ3v) is 4.61. The van der Waals surface area contributed by atoms with Gasteiger partial charge in [0.15, 0.2) is 5.17 Å². The fourth-order valence-electron chi connectivity index (χ4n) is 2.49. The number of carbonyl (C=O) groups is 2. The average molecular weight is 346 g/mol. The Bertz CT molecular complexity index is 720. The molecule has 1 aromatic rings. The summed E-state index contributed by atoms with van der Waals surface area (Å²) in [6.45, 7) is 8.55. The van der Waals surface area contributed by atoms with Gasteiger partial charge in [-0.25, -0.2) is 0 Å². The largest absolute Gasteiger partial charge is 0.550 e. The summed E-state index contributed by atoms with van der Waals surface area (Å²) in [5.74, 6) is -1.65. The van der Waals surface area contributed by atoms with Gasteiger partial charge in [0.25, 0.3) is 0 Å². The number of aliphatic carboxylic acids is 1. The minimum absolute atomic E-state index is 0.0821. The first kappa shape index (κ1) is 18.2. The van der Waals surface area contributed by atoms with Gasteiger partial charge < -0.3 is 15.2 Å². The van der Waals surface area contributed by atoms with Crippen molar-refractivity contribution in [1.29, 1.82) is 0 Å². The molecular formula is C17H20N3O3S-. The third-order valence-electron chi connectivity index (χ3n) is 3.54. The highest BCUT2D eigenvalue weighted by Crippen LogP contribution is 2.26. The zero-order chi connectivity index (χ0) is 17.9. The zero-order valence-corrected chi connectivity index (χ0v) is 14.9. The molecule has 24 heavy (non-hydrogen) atoms. The number of carboxylic acid groups (broad SMARTS) is 1. The molecule has 0 radical (unpaired) electrons. The Hall–Kier alpha value is -2.15. The minimum atomic E-state index is -1.26. The van der Waals surface area contributed by atoms with Crippen LogP contribution in [0, 0.1) is 6.92 Å². The summed E-state index contributed by atoms with van der Waals surface area (Å²) in [6.07, 6.45) is 1.26. The first-order chi connectivity index (χ1) is 11.2. The van der Waals surface area contributed by atoms with Crippen LogP contribution in [0.3, 0.4) is 0 Å². The molecule has 0 aliphatic carbocycles. The third kappa shape index (κ3) is 4.67. The van der Waals surface area contributed by atoms with E-state index in [1.54, 1.807) is 6.21 Å². The molecule has 0 bridgehead atoms. The van der Waals surface area contributed by atoms with E-state index in [1.807, 2.05) is 12.1 Å². The number of amides is 1. The van der Waals surface area contributed by atoms with Gasteiger partial charge in [-0.15, -0.1) is 5.10 Å². The predicted molar refractivity (Wildman–Crippen MR) is 94.1 cm³/mol. The van der Waals surface area contributed by atoms with Gasteiger partial charge in [0, 0.05) is 12.4 Å². The van der Waals surface area contributed by atoms with Crippen LogP contribution in [0.1, 0.15) is 43.9 Å². The van der Waals surface area contributed by atoms with E-state index >= 15 is 0 Å². The summed E-state index contributed by atoms with van der Waals surface area (Å²) in [5, 5.41) is 20.6. The van der Waals surface area contributed by atoms with E-state index in [0.29, 0.717) is 5.17 Å². The number of rotatable bonds is 4. The van der Waals surface area contributed by atoms with Crippen molar-refractivity contribution in [3.8, 4) is 0 Å². The lowest BCUT2D eigenvalue weighted by Gasteiger charge is -2.21. The Kier molecular flexibility index (Phi) is 5.43. The number of nitrogens with zero attached hydrogens (tertiary/aromatic N) is 2. The van der Waals surface area contributed by atoms with Crippen molar-refractivity contribution in [2.75, 3.05) is 0 Å². The molecule has 0 aromatic heterocycles. The number of amidine groups is 1. The van der Waals surface area contributed by atoms with E-state index in [9.17, 15) is 14.7 Å². The summed E-state index contributed by atoms with van der Waals surface area (Å²) in [6, 6.07) is 6.08. The molecule has 1 amide bonds. The van der Waals surface area contributed by atoms with Crippen LogP contribution in [0.2, 0.25) is 0 Å². The van der Waals surface area contributed by atoms with Crippen molar-refractivity contribution in [2.24, 2.45) is 10.2 Å². The van der Waals surface area contributed by atoms with Crippen molar-refractivity contribution < 1.29 is 14.7 Å². The van der Waals surface area contributed by atoms with E-state index in [4.69, 9.17) is 0 Å². The molecule has 1 atom stereocenters. The van der Waals surface area contributed by atoms with E-state index in [-0.39, 0.29) is 17.7 Å². The Morgan fingerprint density at radius 2 is 2.12 bits per heavy atom. The number of carboxylic acids is 1. The second kappa shape index (κ2) is 7.17. The zero-order valence-electron chi connectivity index (χ0n) is 14.1. The van der Waals surface area contributed by atoms with Crippen molar-refractivity contribution in [3.63, 3.8) is 0 Å². The van der Waals surface area contributed by atoms with E-state index in [1.165, 1.54) is 11.1 Å². The van der Waals surface area contributed by atoms with Crippen LogP contribution in [-0.4, -0.2) is 28.5 Å². The standard InChI is InChI=1S/C17H21N3O3S/c1-10-7-11(5-6-12(10)17(2,3)4)9-18-20-16-19-15(23)13(24-16)8-14(21)22/h5-7,9,13H,8H2,1-4H3,(H,21,22)(H,19,20,23)/p-1/b18-9+. The first-order valence-electron chi connectivity index (χ1n) is 7.56. The maximum atomic E-state index is 11.6. The molecule has 1 fully saturated rings. The average Bonchev–Trinajstić information content (AvgIpc) is 2.77. The van der Waals surface area contributed by atoms with Gasteiger partial charge in [0.2, 0.25) is 5.91 Å². The highest BCUT2D eigenvalue weighted by Gasteiger charge is 2.30. The SMILES string of the molecule is Cc1cc(/C=N/N=C2\NC(=O)C(CC(=O)[O-])S2)ccc1C(C)(C)C. The molecule has 128 valence electrons. The van der Waals surface area contributed by atoms with Crippen molar-refractivity contribution in [3.05, 3.63) is 34.9 Å². The van der Waals surface area contributed by atoms with Gasteiger partial charge in [-0.2, -0.15) is 5.10 Å². The summed E-state index contributed by atoms with van der Waals surface area (Å²) < 4.78 is 0. The van der Waals surface area contributed by atoms with Gasteiger partial charge in [-0.1, -0.05) is 50.7 Å². The molecule has 1 heterocycles. The van der Waals surface area contributed by atoms with Crippen LogP contribution < -0.4 is 10.4 Å². The second-order valence-corrected chi connectivity index (χ2v) is 7.84. The van der Waals surface area contributed by atoms with E-state index < -0.39 is 11.2 Å². The lowest BCUT2D eigenvalue weighted by molar-refractivity contribution is -0.305. The second-order valence-electron chi connectivity index (χ2n) is 6.65. The van der Waals surface area contributed by atoms with Gasteiger partial charge >= 0.3 is 0 Å². The Morgan fingerprint density at radius 1 is 1.42 bits per heavy atom. The highest BCUT2D eigenvalue weighted by molar-refractivity contribution is 8.15. The number of thioether (sulfide) groups is 1. The van der Waals surface area contributed by atoms with Gasteiger partial charge in [0.05, 0.1) is 11.5 Å². The number of nitrogens with one attached hydrogen (secondary N) is 1. The number of aryl methyl sites for hydroxylation is 1. The van der Waals surface area contributed by atoms with Crippen molar-refractivity contribution in [1.82, 2.24) is 5.32 Å². The number of benzene rings is 1. The normalized spacial score (nSPS) is 19.9. The van der Waals surface area contributed by atoms with Crippen LogP contribution in [0.25, 0.3) is 0 Å². The van der Waals surface area contributed by atoms with Crippen LogP contribution in [0.5, 0.6) is 0 Å². The first-order valence-corrected chi connectivity index (χ1v) is 8.44. The monoisotopic (exact) mass is 346 g/mol. The Labute approximate surface area is 145 Å². The maximum absolute atomic E-state index is 11.6. The van der Waals surface area contributed by atoms with Crippen molar-refractivity contribution >= 4 is 35.0 Å². The number of hydrogen-bond acceptors (Lipinski definition) is 6. The summed E-state index contributed by atoms with van der Waals surface area (Å²) in [4.78, 5) is 22.1. The molecule has 1 aliphatic heterocycles. The predicted octanol–water partition coefficient (Wildman–Crippen LogP) is 1.35. The molecule has 1 aliphatic rings. The highest BCUT2D eigenvalue weighted by atomic mass is 32.2. The fourth-order valence-corrected chi connectivity index (χ4v) is 3.40. The molecule has 0 spiro atoms. The Balaban J connectivity index is 2.06. The number of hydrogen-bond donors (Lipinski definition) is 1. The molecule has 2 rings (SSSR count). The number of carbonyl (C=O) groups excluding carboxylic acids is 2. The molecule has 6 nitrogen and oxygen atoms in total. The lowest BCUT2D eigenvalue weighted by Crippen LogP contribution is -2.31. The minimum Gasteiger partial charge on any atom is -0.550 e. The Morgan fingerprint density at radius 3 is 2.71 bits per heavy atom. The smallest absolute Gasteiger partial charge is 0.239 e. The summed E-state index contributed by atoms with van der Waals surface area (Å²) in [5.41, 5.74) is 3.44.